The van der Waals surface area contributed by atoms with Crippen LogP contribution in [0.15, 0.2) is 4.42 Å². The summed E-state index contributed by atoms with van der Waals surface area (Å²) in [6.07, 6.45) is 0. The highest BCUT2D eigenvalue weighted by molar-refractivity contribution is 6.16. The average molecular weight is 220 g/mol. The van der Waals surface area contributed by atoms with Crippen molar-refractivity contribution in [1.82, 2.24) is 10.2 Å². The third-order valence-corrected chi connectivity index (χ3v) is 1.75. The van der Waals surface area contributed by atoms with Gasteiger partial charge in [-0.2, -0.15) is 0 Å². The first-order chi connectivity index (χ1) is 6.76. The number of aromatic nitrogens is 2. The second-order valence-corrected chi connectivity index (χ2v) is 3.11. The maximum absolute atomic E-state index is 5.51. The van der Waals surface area contributed by atoms with Crippen molar-refractivity contribution in [2.75, 3.05) is 18.5 Å². The van der Waals surface area contributed by atoms with E-state index in [0.717, 1.165) is 0 Å². The van der Waals surface area contributed by atoms with Crippen molar-refractivity contribution in [1.29, 1.82) is 0 Å². The Labute approximate surface area is 87.8 Å². The highest BCUT2D eigenvalue weighted by atomic mass is 35.5. The van der Waals surface area contributed by atoms with E-state index < -0.39 is 0 Å². The molecule has 0 saturated carbocycles. The molecule has 0 aliphatic heterocycles. The molecule has 0 aliphatic carbocycles. The summed E-state index contributed by atoms with van der Waals surface area (Å²) in [5.41, 5.74) is 0. The van der Waals surface area contributed by atoms with E-state index in [9.17, 15) is 0 Å². The highest BCUT2D eigenvalue weighted by Crippen LogP contribution is 2.08. The molecule has 1 aromatic heterocycles. The number of hydrogen-bond acceptors (Lipinski definition) is 5. The Kier molecular flexibility index (Phi) is 4.69. The van der Waals surface area contributed by atoms with Crippen LogP contribution >= 0.6 is 11.6 Å². The van der Waals surface area contributed by atoms with Crippen molar-refractivity contribution in [2.24, 2.45) is 0 Å². The molecule has 0 saturated heterocycles. The molecule has 14 heavy (non-hydrogen) atoms. The Balaban J connectivity index is 2.35. The molecule has 1 aromatic rings. The van der Waals surface area contributed by atoms with E-state index in [2.05, 4.69) is 15.5 Å². The summed E-state index contributed by atoms with van der Waals surface area (Å²) in [5.74, 6) is 0.645. The van der Waals surface area contributed by atoms with Crippen molar-refractivity contribution in [3.63, 3.8) is 0 Å². The van der Waals surface area contributed by atoms with Gasteiger partial charge >= 0.3 is 6.01 Å². The summed E-state index contributed by atoms with van der Waals surface area (Å²) in [5, 5.41) is 10.5. The lowest BCUT2D eigenvalue weighted by molar-refractivity contribution is 0.140. The molecule has 1 heterocycles. The van der Waals surface area contributed by atoms with E-state index in [1.807, 2.05) is 13.8 Å². The van der Waals surface area contributed by atoms with Crippen LogP contribution in [0.25, 0.3) is 0 Å². The molecule has 0 fully saturated rings. The molecule has 5 nitrogen and oxygen atoms in total. The van der Waals surface area contributed by atoms with E-state index in [0.29, 0.717) is 25.1 Å². The summed E-state index contributed by atoms with van der Waals surface area (Å²) in [7, 11) is 0. The SMILES string of the molecule is CCOCC(C)Nc1nnc(CCl)o1. The number of hydrogen-bond donors (Lipinski definition) is 1. The average Bonchev–Trinajstić information content (AvgIpc) is 2.62. The van der Waals surface area contributed by atoms with Crippen LogP contribution < -0.4 is 5.32 Å². The zero-order chi connectivity index (χ0) is 10.4. The molecule has 1 atom stereocenters. The molecule has 1 unspecified atom stereocenters. The summed E-state index contributed by atoms with van der Waals surface area (Å²) in [6, 6.07) is 0.520. The molecule has 1 N–H and O–H groups in total. The standard InChI is InChI=1S/C8H14ClN3O2/c1-3-13-5-6(2)10-8-12-11-7(4-9)14-8/h6H,3-5H2,1-2H3,(H,10,12). The predicted molar refractivity (Wildman–Crippen MR) is 53.4 cm³/mol. The van der Waals surface area contributed by atoms with Gasteiger partial charge in [0.15, 0.2) is 0 Å². The van der Waals surface area contributed by atoms with Gasteiger partial charge in [0.2, 0.25) is 5.89 Å². The van der Waals surface area contributed by atoms with Crippen LogP contribution in [0.4, 0.5) is 6.01 Å². The van der Waals surface area contributed by atoms with E-state index in [4.69, 9.17) is 20.8 Å². The van der Waals surface area contributed by atoms with Crippen molar-refractivity contribution < 1.29 is 9.15 Å². The van der Waals surface area contributed by atoms with E-state index in [1.54, 1.807) is 0 Å². The van der Waals surface area contributed by atoms with Gasteiger partial charge in [-0.25, -0.2) is 0 Å². The summed E-state index contributed by atoms with van der Waals surface area (Å²) < 4.78 is 10.4. The molecule has 0 spiro atoms. The molecule has 80 valence electrons. The largest absolute Gasteiger partial charge is 0.407 e. The van der Waals surface area contributed by atoms with Gasteiger partial charge in [0.1, 0.15) is 5.88 Å². The lowest BCUT2D eigenvalue weighted by Crippen LogP contribution is -2.21. The maximum atomic E-state index is 5.51. The van der Waals surface area contributed by atoms with E-state index in [1.165, 1.54) is 0 Å². The smallest absolute Gasteiger partial charge is 0.315 e. The molecule has 1 rings (SSSR count). The third-order valence-electron chi connectivity index (χ3n) is 1.52. The highest BCUT2D eigenvalue weighted by Gasteiger charge is 2.07. The van der Waals surface area contributed by atoms with E-state index >= 15 is 0 Å². The first-order valence-electron chi connectivity index (χ1n) is 4.49. The lowest BCUT2D eigenvalue weighted by atomic mass is 10.4. The summed E-state index contributed by atoms with van der Waals surface area (Å²) >= 11 is 5.51. The Bertz CT molecular complexity index is 267. The zero-order valence-electron chi connectivity index (χ0n) is 8.29. The van der Waals surface area contributed by atoms with Crippen LogP contribution in [0.3, 0.4) is 0 Å². The van der Waals surface area contributed by atoms with Crippen molar-refractivity contribution in [3.8, 4) is 0 Å². The van der Waals surface area contributed by atoms with Crippen molar-refractivity contribution in [2.45, 2.75) is 25.8 Å². The van der Waals surface area contributed by atoms with E-state index in [-0.39, 0.29) is 11.9 Å². The van der Waals surface area contributed by atoms with Gasteiger partial charge in [-0.3, -0.25) is 0 Å². The molecule has 0 aromatic carbocycles. The number of halogens is 1. The first-order valence-corrected chi connectivity index (χ1v) is 5.02. The fourth-order valence-electron chi connectivity index (χ4n) is 0.913. The maximum Gasteiger partial charge on any atom is 0.315 e. The Morgan fingerprint density at radius 2 is 2.36 bits per heavy atom. The number of ether oxygens (including phenoxy) is 1. The third kappa shape index (κ3) is 3.51. The predicted octanol–water partition coefficient (Wildman–Crippen LogP) is 1.65. The van der Waals surface area contributed by atoms with Crippen LogP contribution in [0.1, 0.15) is 19.7 Å². The number of nitrogens with zero attached hydrogens (tertiary/aromatic N) is 2. The normalized spacial score (nSPS) is 12.8. The molecular weight excluding hydrogens is 206 g/mol. The van der Waals surface area contributed by atoms with Gasteiger partial charge in [0, 0.05) is 6.61 Å². The van der Waals surface area contributed by atoms with Gasteiger partial charge < -0.3 is 14.5 Å². The quantitative estimate of drug-likeness (QED) is 0.738. The zero-order valence-corrected chi connectivity index (χ0v) is 9.04. The molecular formula is C8H14ClN3O2. The first kappa shape index (κ1) is 11.3. The minimum absolute atomic E-state index is 0.138. The topological polar surface area (TPSA) is 60.2 Å². The lowest BCUT2D eigenvalue weighted by Gasteiger charge is -2.10. The number of alkyl halides is 1. The summed E-state index contributed by atoms with van der Waals surface area (Å²) in [4.78, 5) is 0. The Morgan fingerprint density at radius 3 is 2.93 bits per heavy atom. The van der Waals surface area contributed by atoms with Crippen LogP contribution in [0.2, 0.25) is 0 Å². The second-order valence-electron chi connectivity index (χ2n) is 2.84. The summed E-state index contributed by atoms with van der Waals surface area (Å²) in [6.45, 7) is 5.23. The molecule has 0 aliphatic rings. The van der Waals surface area contributed by atoms with Gasteiger partial charge in [-0.15, -0.1) is 16.7 Å². The van der Waals surface area contributed by atoms with Crippen molar-refractivity contribution >= 4 is 17.6 Å². The minimum atomic E-state index is 0.138. The molecule has 0 bridgehead atoms. The molecule has 0 radical (unpaired) electrons. The molecule has 6 heteroatoms. The van der Waals surface area contributed by atoms with Crippen LogP contribution in [-0.2, 0) is 10.6 Å². The number of nitrogens with one attached hydrogen (secondary N) is 1. The van der Waals surface area contributed by atoms with Gasteiger partial charge in [0.05, 0.1) is 12.6 Å². The Morgan fingerprint density at radius 1 is 1.57 bits per heavy atom. The minimum Gasteiger partial charge on any atom is -0.407 e. The number of rotatable bonds is 6. The van der Waals surface area contributed by atoms with Crippen LogP contribution in [0.5, 0.6) is 0 Å². The fraction of sp³-hybridized carbons (Fsp3) is 0.750. The molecule has 0 amide bonds. The van der Waals surface area contributed by atoms with Gasteiger partial charge in [0.25, 0.3) is 0 Å². The monoisotopic (exact) mass is 219 g/mol. The number of anilines is 1. The van der Waals surface area contributed by atoms with Crippen LogP contribution in [-0.4, -0.2) is 29.5 Å². The second kappa shape index (κ2) is 5.82. The fourth-order valence-corrected chi connectivity index (χ4v) is 1.02. The van der Waals surface area contributed by atoms with Crippen molar-refractivity contribution in [3.05, 3.63) is 5.89 Å². The Hall–Kier alpha value is -0.810. The van der Waals surface area contributed by atoms with Crippen LogP contribution in [0, 0.1) is 0 Å². The van der Waals surface area contributed by atoms with Gasteiger partial charge in [-0.05, 0) is 13.8 Å². The van der Waals surface area contributed by atoms with Gasteiger partial charge in [-0.1, -0.05) is 5.10 Å².